The second kappa shape index (κ2) is 13.8. The summed E-state index contributed by atoms with van der Waals surface area (Å²) in [6.07, 6.45) is -0.0410. The van der Waals surface area contributed by atoms with Crippen LogP contribution in [0.2, 0.25) is 0 Å². The Balaban J connectivity index is 0.00000464. The Kier molecular flexibility index (Phi) is 8.98. The molecule has 0 radical (unpaired) electrons. The Labute approximate surface area is 312 Å². The smallest absolute Gasteiger partial charge is 0.230 e. The molecule has 0 spiro atoms. The average Bonchev–Trinajstić information content (AvgIpc) is 3.56. The van der Waals surface area contributed by atoms with E-state index in [9.17, 15) is 7.85 Å². The summed E-state index contributed by atoms with van der Waals surface area (Å²) >= 11 is 0. The van der Waals surface area contributed by atoms with Crippen molar-refractivity contribution < 1.29 is 33.3 Å². The third-order valence-corrected chi connectivity index (χ3v) is 8.80. The third kappa shape index (κ3) is 7.23. The van der Waals surface area contributed by atoms with Crippen molar-refractivity contribution in [2.75, 3.05) is 0 Å². The Bertz CT molecular complexity index is 2370. The summed E-state index contributed by atoms with van der Waals surface area (Å²) < 4.78 is 25.0. The number of pyridine rings is 1. The van der Waals surface area contributed by atoms with Gasteiger partial charge in [0.2, 0.25) is 5.89 Å². The van der Waals surface area contributed by atoms with Crippen molar-refractivity contribution in [3.63, 3.8) is 0 Å². The van der Waals surface area contributed by atoms with E-state index in [0.29, 0.717) is 50.5 Å². The Morgan fingerprint density at radius 2 is 1.40 bits per heavy atom. The second-order valence-electron chi connectivity index (χ2n) is 14.6. The first-order valence-electron chi connectivity index (χ1n) is 17.6. The first-order chi connectivity index (χ1) is 24.2. The third-order valence-electron chi connectivity index (χ3n) is 8.80. The number of benzene rings is 5. The summed E-state index contributed by atoms with van der Waals surface area (Å²) in [6.45, 7) is 12.7. The zero-order chi connectivity index (χ0) is 36.1. The van der Waals surface area contributed by atoms with Crippen LogP contribution in [0.3, 0.4) is 0 Å². The van der Waals surface area contributed by atoms with Gasteiger partial charge in [-0.1, -0.05) is 138 Å². The second-order valence-corrected chi connectivity index (χ2v) is 14.6. The van der Waals surface area contributed by atoms with Gasteiger partial charge in [-0.05, 0) is 57.7 Å². The predicted octanol–water partition coefficient (Wildman–Crippen LogP) is 11.6. The number of nitrogens with zero attached hydrogens (tertiary/aromatic N) is 2. The summed E-state index contributed by atoms with van der Waals surface area (Å²) in [4.78, 5) is 9.74. The number of hydrogen-bond acceptors (Lipinski definition) is 4. The van der Waals surface area contributed by atoms with Crippen molar-refractivity contribution in [2.24, 2.45) is 0 Å². The Morgan fingerprint density at radius 3 is 2.10 bits per heavy atom. The topological polar surface area (TPSA) is 59.2 Å². The van der Waals surface area contributed by atoms with Gasteiger partial charge in [0.25, 0.3) is 0 Å². The largest absolute Gasteiger partial charge is 0.507 e. The van der Waals surface area contributed by atoms with E-state index in [1.54, 1.807) is 18.3 Å². The molecule has 7 rings (SSSR count). The Hall–Kier alpha value is -4.79. The van der Waals surface area contributed by atoms with Gasteiger partial charge in [0.1, 0.15) is 11.3 Å². The Morgan fingerprint density at radius 1 is 0.700 bits per heavy atom. The number of phenols is 1. The minimum absolute atomic E-state index is 0. The molecular formula is C45H41N2O2Pt-. The van der Waals surface area contributed by atoms with Gasteiger partial charge in [0, 0.05) is 41.3 Å². The molecule has 0 aliphatic carbocycles. The van der Waals surface area contributed by atoms with Gasteiger partial charge in [-0.15, -0.1) is 29.3 Å². The molecule has 50 heavy (non-hydrogen) atoms. The van der Waals surface area contributed by atoms with Crippen LogP contribution in [-0.4, -0.2) is 15.1 Å². The number of aromatic hydroxyl groups is 1. The quantitative estimate of drug-likeness (QED) is 0.170. The van der Waals surface area contributed by atoms with Crippen molar-refractivity contribution >= 4 is 11.1 Å². The molecule has 2 aromatic heterocycles. The van der Waals surface area contributed by atoms with Crippen molar-refractivity contribution in [1.82, 2.24) is 9.97 Å². The molecule has 0 aliphatic heterocycles. The number of phenolic OH excluding ortho intramolecular Hbond substituents is 1. The molecule has 0 bridgehead atoms. The first-order valence-corrected chi connectivity index (χ1v) is 16.6. The average molecular weight is 839 g/mol. The number of para-hydroxylation sites is 1. The van der Waals surface area contributed by atoms with Crippen LogP contribution in [0.5, 0.6) is 5.75 Å². The van der Waals surface area contributed by atoms with E-state index in [4.69, 9.17) is 14.4 Å². The van der Waals surface area contributed by atoms with E-state index < -0.39 is 6.37 Å². The number of rotatable bonds is 6. The van der Waals surface area contributed by atoms with Crippen LogP contribution in [0.15, 0.2) is 126 Å². The summed E-state index contributed by atoms with van der Waals surface area (Å²) in [5, 5.41) is 11.6. The molecule has 0 atom stereocenters. The van der Waals surface area contributed by atoms with Crippen molar-refractivity contribution in [2.45, 2.75) is 58.7 Å². The van der Waals surface area contributed by atoms with Gasteiger partial charge in [-0.2, -0.15) is 0 Å². The first kappa shape index (κ1) is 32.4. The molecule has 4 nitrogen and oxygen atoms in total. The van der Waals surface area contributed by atoms with E-state index in [1.807, 2.05) is 84.9 Å². The van der Waals surface area contributed by atoms with Crippen LogP contribution < -0.4 is 0 Å². The summed E-state index contributed by atoms with van der Waals surface area (Å²) in [5.41, 5.74) is 8.89. The van der Waals surface area contributed by atoms with Crippen LogP contribution in [0.25, 0.3) is 56.1 Å². The standard InChI is InChI=1S/C45H41N2O2.Pt/c1-44(2,3)35-27-37(42(48)38(28-35)45(4,5)6)43-47-41-36(18-13-19-40(41)49-43)33-23-30(22-29-14-9-7-10-15-29)24-34(25-33)39-26-32(20-21-46-39)31-16-11-8-12-17-31;/h7-21,23-24,26-28,48H,22H2,1-6H3;/q-1;/i22D2;. The maximum absolute atomic E-state index is 11.6. The molecule has 254 valence electrons. The predicted molar refractivity (Wildman–Crippen MR) is 201 cm³/mol. The van der Waals surface area contributed by atoms with Crippen molar-refractivity contribution in [3.8, 4) is 50.7 Å². The molecule has 0 fully saturated rings. The fourth-order valence-corrected chi connectivity index (χ4v) is 6.08. The molecule has 0 saturated heterocycles. The number of oxazole rings is 1. The number of aromatic nitrogens is 2. The zero-order valence-corrected chi connectivity index (χ0v) is 31.4. The summed E-state index contributed by atoms with van der Waals surface area (Å²) in [7, 11) is 0. The van der Waals surface area contributed by atoms with Gasteiger partial charge < -0.3 is 9.52 Å². The van der Waals surface area contributed by atoms with Crippen LogP contribution in [0.4, 0.5) is 0 Å². The van der Waals surface area contributed by atoms with Crippen molar-refractivity contribution in [3.05, 3.63) is 150 Å². The normalized spacial score (nSPS) is 12.7. The zero-order valence-electron chi connectivity index (χ0n) is 31.1. The molecule has 5 aromatic carbocycles. The molecular weight excluding hydrogens is 796 g/mol. The monoisotopic (exact) mass is 838 g/mol. The van der Waals surface area contributed by atoms with Gasteiger partial charge in [-0.3, -0.25) is 4.98 Å². The fraction of sp³-hybridized carbons (Fsp3) is 0.200. The summed E-state index contributed by atoms with van der Waals surface area (Å²) in [5.74, 6) is 0.472. The van der Waals surface area contributed by atoms with Gasteiger partial charge in [-0.25, -0.2) is 4.98 Å². The molecule has 7 aromatic rings. The minimum atomic E-state index is -1.82. The maximum Gasteiger partial charge on any atom is 0.230 e. The number of hydrogen-bond donors (Lipinski definition) is 1. The SMILES string of the molecule is [2H]C([2H])(c1ccccc1)c1cc(-c2cc(-c3ccccc3)ccn2)[c-]c(-c2cccc3oc(-c4cc(C(C)(C)C)cc(C(C)(C)C)c4O)nc23)c1.[Pt]. The van der Waals surface area contributed by atoms with Crippen LogP contribution in [-0.2, 0) is 38.3 Å². The van der Waals surface area contributed by atoms with Crippen LogP contribution in [0, 0.1) is 6.07 Å². The van der Waals surface area contributed by atoms with Crippen LogP contribution in [0.1, 0.15) is 66.5 Å². The van der Waals surface area contributed by atoms with E-state index in [1.165, 1.54) is 0 Å². The van der Waals surface area contributed by atoms with Gasteiger partial charge in [0.15, 0.2) is 0 Å². The number of fused-ring (bicyclic) bond motifs is 1. The van der Waals surface area contributed by atoms with Gasteiger partial charge in [0.05, 0.1) is 11.1 Å². The van der Waals surface area contributed by atoms with E-state index in [2.05, 4.69) is 65.8 Å². The molecule has 1 N–H and O–H groups in total. The maximum atomic E-state index is 11.6. The van der Waals surface area contributed by atoms with Crippen LogP contribution >= 0.6 is 0 Å². The molecule has 0 saturated carbocycles. The fourth-order valence-electron chi connectivity index (χ4n) is 6.08. The van der Waals surface area contributed by atoms with E-state index in [0.717, 1.165) is 27.8 Å². The molecule has 0 amide bonds. The van der Waals surface area contributed by atoms with Crippen molar-refractivity contribution in [1.29, 1.82) is 0 Å². The molecule has 2 heterocycles. The molecule has 0 aliphatic rings. The minimum Gasteiger partial charge on any atom is -0.507 e. The van der Waals surface area contributed by atoms with Gasteiger partial charge >= 0.3 is 0 Å². The van der Waals surface area contributed by atoms with E-state index >= 15 is 0 Å². The molecule has 5 heteroatoms. The summed E-state index contributed by atoms with van der Waals surface area (Å²) in [6, 6.07) is 40.3. The van der Waals surface area contributed by atoms with E-state index in [-0.39, 0.29) is 37.6 Å². The molecule has 0 unspecified atom stereocenters.